The monoisotopic (exact) mass is 574 g/mol. The van der Waals surface area contributed by atoms with Gasteiger partial charge in [0.25, 0.3) is 0 Å². The van der Waals surface area contributed by atoms with Gasteiger partial charge in [-0.1, -0.05) is 68.7 Å². The molecule has 218 valence electrons. The van der Waals surface area contributed by atoms with E-state index in [1.807, 2.05) is 43.3 Å². The van der Waals surface area contributed by atoms with E-state index in [1.54, 1.807) is 7.11 Å². The molecule has 4 rings (SSSR count). The van der Waals surface area contributed by atoms with Crippen LogP contribution in [0.15, 0.2) is 72.3 Å². The molecule has 0 aliphatic heterocycles. The van der Waals surface area contributed by atoms with Gasteiger partial charge in [-0.15, -0.1) is 11.3 Å². The molecule has 0 radical (unpaired) electrons. The molecule has 1 aliphatic carbocycles. The number of Topliss-reactive ketones (excluding diaryl/α,β-unsaturated/α-hetero) is 1. The molecule has 3 atom stereocenters. The molecule has 0 bridgehead atoms. The highest BCUT2D eigenvalue weighted by Crippen LogP contribution is 2.39. The zero-order valence-electron chi connectivity index (χ0n) is 24.7. The number of methoxy groups -OCH3 is 2. The Labute approximate surface area is 248 Å². The van der Waals surface area contributed by atoms with Gasteiger partial charge in [0.1, 0.15) is 10.6 Å². The summed E-state index contributed by atoms with van der Waals surface area (Å²) < 4.78 is 16.5. The third kappa shape index (κ3) is 8.17. The first-order chi connectivity index (χ1) is 19.9. The molecule has 0 amide bonds. The minimum Gasteiger partial charge on any atom is -0.497 e. The highest BCUT2D eigenvalue weighted by molar-refractivity contribution is 7.13. The SMILES string of the molecule is CCCCCC(OCc1ccc(OC)cc1)c1ccc([C@H]2C(=O)C(C)=C[C@@H]2CCCc2ccc(C(=O)OC)s2)cc1. The molecule has 3 aromatic rings. The second-order valence-electron chi connectivity index (χ2n) is 10.8. The fourth-order valence-electron chi connectivity index (χ4n) is 5.58. The van der Waals surface area contributed by atoms with Gasteiger partial charge in [-0.25, -0.2) is 4.79 Å². The van der Waals surface area contributed by atoms with Crippen LogP contribution in [0.3, 0.4) is 0 Å². The average molecular weight is 575 g/mol. The van der Waals surface area contributed by atoms with Crippen molar-refractivity contribution in [2.75, 3.05) is 14.2 Å². The Morgan fingerprint density at radius 3 is 2.39 bits per heavy atom. The van der Waals surface area contributed by atoms with E-state index >= 15 is 0 Å². The number of thiophene rings is 1. The lowest BCUT2D eigenvalue weighted by molar-refractivity contribution is -0.116. The van der Waals surface area contributed by atoms with Crippen molar-refractivity contribution in [1.29, 1.82) is 0 Å². The lowest BCUT2D eigenvalue weighted by Gasteiger charge is -2.22. The van der Waals surface area contributed by atoms with Crippen LogP contribution in [0.25, 0.3) is 0 Å². The molecule has 2 aromatic carbocycles. The van der Waals surface area contributed by atoms with Crippen LogP contribution in [0, 0.1) is 5.92 Å². The molecule has 1 unspecified atom stereocenters. The maximum absolute atomic E-state index is 13.2. The molecule has 41 heavy (non-hydrogen) atoms. The van der Waals surface area contributed by atoms with Crippen LogP contribution >= 0.6 is 11.3 Å². The van der Waals surface area contributed by atoms with E-state index < -0.39 is 0 Å². The molecule has 0 N–H and O–H groups in total. The van der Waals surface area contributed by atoms with Crippen molar-refractivity contribution >= 4 is 23.1 Å². The molecule has 0 saturated carbocycles. The lowest BCUT2D eigenvalue weighted by Crippen LogP contribution is -2.15. The number of benzene rings is 2. The Hall–Kier alpha value is -3.22. The summed E-state index contributed by atoms with van der Waals surface area (Å²) in [7, 11) is 3.08. The number of allylic oxidation sites excluding steroid dienone is 2. The molecule has 0 saturated heterocycles. The largest absolute Gasteiger partial charge is 0.497 e. The summed E-state index contributed by atoms with van der Waals surface area (Å²) >= 11 is 1.49. The summed E-state index contributed by atoms with van der Waals surface area (Å²) in [6, 6.07) is 20.4. The number of rotatable bonds is 15. The first-order valence-electron chi connectivity index (χ1n) is 14.7. The number of hydrogen-bond acceptors (Lipinski definition) is 6. The van der Waals surface area contributed by atoms with Crippen LogP contribution in [0.5, 0.6) is 5.75 Å². The van der Waals surface area contributed by atoms with Gasteiger partial charge in [0.15, 0.2) is 5.78 Å². The first kappa shape index (κ1) is 30.7. The van der Waals surface area contributed by atoms with E-state index in [0.717, 1.165) is 60.1 Å². The van der Waals surface area contributed by atoms with E-state index in [9.17, 15) is 9.59 Å². The summed E-state index contributed by atoms with van der Waals surface area (Å²) in [5.74, 6) is 0.815. The number of esters is 1. The first-order valence-corrected chi connectivity index (χ1v) is 15.5. The van der Waals surface area contributed by atoms with Crippen LogP contribution in [-0.2, 0) is 27.3 Å². The van der Waals surface area contributed by atoms with Crippen LogP contribution in [0.1, 0.15) is 95.6 Å². The molecule has 0 fully saturated rings. The van der Waals surface area contributed by atoms with Gasteiger partial charge in [0.2, 0.25) is 0 Å². The van der Waals surface area contributed by atoms with Crippen molar-refractivity contribution in [3.05, 3.63) is 98.8 Å². The Morgan fingerprint density at radius 2 is 1.71 bits per heavy atom. The van der Waals surface area contributed by atoms with Crippen molar-refractivity contribution in [3.8, 4) is 5.75 Å². The summed E-state index contributed by atoms with van der Waals surface area (Å²) in [5, 5.41) is 0. The van der Waals surface area contributed by atoms with Crippen LogP contribution in [0.2, 0.25) is 0 Å². The quantitative estimate of drug-likeness (QED) is 0.134. The summed E-state index contributed by atoms with van der Waals surface area (Å²) in [6.45, 7) is 4.69. The number of ether oxygens (including phenoxy) is 3. The van der Waals surface area contributed by atoms with Crippen LogP contribution in [0.4, 0.5) is 0 Å². The fourth-order valence-corrected chi connectivity index (χ4v) is 6.55. The number of aryl methyl sites for hydroxylation is 1. The normalized spacial score (nSPS) is 17.4. The molecule has 6 heteroatoms. The molecule has 1 aromatic heterocycles. The number of hydrogen-bond donors (Lipinski definition) is 0. The standard InChI is InChI=1S/C35H42O5S/c1-5-6-7-11-31(40-23-25-12-18-29(38-3)19-13-25)26-14-16-27(17-15-26)33-28(22-24(2)34(33)36)9-8-10-30-20-21-32(41-30)35(37)39-4/h12-22,28,31,33H,5-11,23H2,1-4H3/t28-,31?,33+/m0/s1. The Kier molecular flexibility index (Phi) is 11.3. The smallest absolute Gasteiger partial charge is 0.348 e. The topological polar surface area (TPSA) is 61.8 Å². The maximum atomic E-state index is 13.2. The van der Waals surface area contributed by atoms with Gasteiger partial charge < -0.3 is 14.2 Å². The lowest BCUT2D eigenvalue weighted by atomic mass is 9.83. The van der Waals surface area contributed by atoms with Crippen molar-refractivity contribution in [1.82, 2.24) is 0 Å². The van der Waals surface area contributed by atoms with E-state index in [1.165, 1.54) is 36.2 Å². The molecule has 5 nitrogen and oxygen atoms in total. The molecule has 1 heterocycles. The highest BCUT2D eigenvalue weighted by atomic mass is 32.1. The molecule has 1 aliphatic rings. The third-order valence-electron chi connectivity index (χ3n) is 7.92. The number of ketones is 1. The number of carbonyl (C=O) groups excluding carboxylic acids is 2. The Bertz CT molecular complexity index is 1310. The van der Waals surface area contributed by atoms with E-state index in [0.29, 0.717) is 11.5 Å². The van der Waals surface area contributed by atoms with Gasteiger partial charge in [-0.2, -0.15) is 0 Å². The minimum atomic E-state index is -0.288. The van der Waals surface area contributed by atoms with Gasteiger partial charge >= 0.3 is 5.97 Å². The zero-order chi connectivity index (χ0) is 29.2. The van der Waals surface area contributed by atoms with E-state index in [-0.39, 0.29) is 29.7 Å². The van der Waals surface area contributed by atoms with Gasteiger partial charge in [0, 0.05) is 4.88 Å². The molecule has 0 spiro atoms. The molecular weight excluding hydrogens is 532 g/mol. The van der Waals surface area contributed by atoms with Crippen molar-refractivity contribution < 1.29 is 23.8 Å². The van der Waals surface area contributed by atoms with Crippen molar-refractivity contribution in [2.45, 2.75) is 77.4 Å². The number of unbranched alkanes of at least 4 members (excludes halogenated alkanes) is 2. The number of carbonyl (C=O) groups is 2. The van der Waals surface area contributed by atoms with Gasteiger partial charge in [-0.05, 0) is 85.1 Å². The highest BCUT2D eigenvalue weighted by Gasteiger charge is 2.34. The fraction of sp³-hybridized carbons (Fsp3) is 0.429. The summed E-state index contributed by atoms with van der Waals surface area (Å²) in [4.78, 5) is 26.8. The van der Waals surface area contributed by atoms with Crippen LogP contribution in [-0.4, -0.2) is 26.0 Å². The summed E-state index contributed by atoms with van der Waals surface area (Å²) in [5.41, 5.74) is 4.20. The van der Waals surface area contributed by atoms with Gasteiger partial charge in [0.05, 0.1) is 32.8 Å². The summed E-state index contributed by atoms with van der Waals surface area (Å²) in [6.07, 6.45) is 9.35. The van der Waals surface area contributed by atoms with E-state index in [4.69, 9.17) is 14.2 Å². The maximum Gasteiger partial charge on any atom is 0.348 e. The third-order valence-corrected chi connectivity index (χ3v) is 9.04. The second-order valence-corrected chi connectivity index (χ2v) is 12.0. The predicted molar refractivity (Wildman–Crippen MR) is 165 cm³/mol. The van der Waals surface area contributed by atoms with Gasteiger partial charge in [-0.3, -0.25) is 4.79 Å². The average Bonchev–Trinajstić information content (AvgIpc) is 3.58. The van der Waals surface area contributed by atoms with Crippen molar-refractivity contribution in [3.63, 3.8) is 0 Å². The zero-order valence-corrected chi connectivity index (χ0v) is 25.5. The predicted octanol–water partition coefficient (Wildman–Crippen LogP) is 8.63. The molecular formula is C35H42O5S. The van der Waals surface area contributed by atoms with E-state index in [2.05, 4.69) is 37.3 Å². The Morgan fingerprint density at radius 1 is 0.951 bits per heavy atom. The minimum absolute atomic E-state index is 0.00770. The van der Waals surface area contributed by atoms with Crippen LogP contribution < -0.4 is 4.74 Å². The second kappa shape index (κ2) is 15.1. The van der Waals surface area contributed by atoms with Crippen molar-refractivity contribution in [2.24, 2.45) is 5.92 Å². The Balaban J connectivity index is 1.40.